The number of carbonyl (C=O) groups is 2. The number of ketones is 1. The zero-order valence-corrected chi connectivity index (χ0v) is 11.2. The van der Waals surface area contributed by atoms with Gasteiger partial charge in [-0.15, -0.1) is 6.42 Å². The van der Waals surface area contributed by atoms with Crippen molar-refractivity contribution in [2.75, 3.05) is 0 Å². The molecule has 1 N–H and O–H groups in total. The van der Waals surface area contributed by atoms with Gasteiger partial charge in [-0.2, -0.15) is 0 Å². The van der Waals surface area contributed by atoms with Crippen LogP contribution in [0.4, 0.5) is 4.79 Å². The second-order valence-electron chi connectivity index (χ2n) is 5.34. The highest BCUT2D eigenvalue weighted by atomic mass is 16.6. The van der Waals surface area contributed by atoms with Gasteiger partial charge in [-0.3, -0.25) is 4.79 Å². The summed E-state index contributed by atoms with van der Waals surface area (Å²) in [4.78, 5) is 23.0. The molecule has 0 saturated carbocycles. The first kappa shape index (κ1) is 15.5. The zero-order chi connectivity index (χ0) is 13.6. The minimum atomic E-state index is -0.671. The van der Waals surface area contributed by atoms with Gasteiger partial charge in [0.25, 0.3) is 0 Å². The molecule has 17 heavy (non-hydrogen) atoms. The predicted molar refractivity (Wildman–Crippen MR) is 66.5 cm³/mol. The van der Waals surface area contributed by atoms with Crippen LogP contribution < -0.4 is 5.32 Å². The molecule has 0 saturated heterocycles. The molecular weight excluding hydrogens is 218 g/mol. The number of carbonyl (C=O) groups excluding carboxylic acids is 2. The summed E-state index contributed by atoms with van der Waals surface area (Å²) in [6.07, 6.45) is 4.94. The van der Waals surface area contributed by atoms with Crippen LogP contribution in [0.5, 0.6) is 0 Å². The van der Waals surface area contributed by atoms with Crippen LogP contribution in [0.15, 0.2) is 0 Å². The van der Waals surface area contributed by atoms with E-state index in [-0.39, 0.29) is 5.92 Å². The molecule has 0 heterocycles. The third kappa shape index (κ3) is 7.40. The summed E-state index contributed by atoms with van der Waals surface area (Å²) in [5.41, 5.74) is -0.592. The lowest BCUT2D eigenvalue weighted by Gasteiger charge is -2.22. The Morgan fingerprint density at radius 2 is 1.88 bits per heavy atom. The first-order valence-electron chi connectivity index (χ1n) is 5.65. The van der Waals surface area contributed by atoms with Crippen molar-refractivity contribution in [1.29, 1.82) is 0 Å². The maximum atomic E-state index is 11.5. The van der Waals surface area contributed by atoms with Gasteiger partial charge in [0.2, 0.25) is 5.78 Å². The molecule has 0 bridgehead atoms. The molecule has 0 aromatic rings. The highest BCUT2D eigenvalue weighted by Crippen LogP contribution is 2.09. The molecule has 0 fully saturated rings. The molecule has 0 rings (SSSR count). The van der Waals surface area contributed by atoms with Gasteiger partial charge in [0.1, 0.15) is 11.6 Å². The van der Waals surface area contributed by atoms with E-state index in [0.717, 1.165) is 0 Å². The number of rotatable bonds is 4. The lowest BCUT2D eigenvalue weighted by molar-refractivity contribution is -0.116. The lowest BCUT2D eigenvalue weighted by atomic mass is 10.0. The fraction of sp³-hybridized carbons (Fsp3) is 0.692. The number of hydrogen-bond acceptors (Lipinski definition) is 3. The molecule has 1 atom stereocenters. The molecule has 0 aliphatic heterocycles. The molecule has 4 heteroatoms. The van der Waals surface area contributed by atoms with E-state index in [9.17, 15) is 9.59 Å². The maximum absolute atomic E-state index is 11.5. The first-order valence-corrected chi connectivity index (χ1v) is 5.65. The van der Waals surface area contributed by atoms with Crippen molar-refractivity contribution in [3.63, 3.8) is 0 Å². The van der Waals surface area contributed by atoms with Crippen LogP contribution in [0, 0.1) is 18.3 Å². The molecule has 1 amide bonds. The van der Waals surface area contributed by atoms with Crippen LogP contribution in [-0.2, 0) is 9.53 Å². The average molecular weight is 239 g/mol. The number of alkyl carbamates (subject to hydrolysis) is 1. The molecule has 0 aromatic carbocycles. The smallest absolute Gasteiger partial charge is 0.408 e. The second-order valence-corrected chi connectivity index (χ2v) is 5.34. The Morgan fingerprint density at radius 3 is 2.24 bits per heavy atom. The summed E-state index contributed by atoms with van der Waals surface area (Å²) >= 11 is 0. The topological polar surface area (TPSA) is 55.4 Å². The Labute approximate surface area is 103 Å². The highest BCUT2D eigenvalue weighted by molar-refractivity contribution is 6.00. The Hall–Kier alpha value is -1.50. The van der Waals surface area contributed by atoms with E-state index < -0.39 is 23.5 Å². The highest BCUT2D eigenvalue weighted by Gasteiger charge is 2.23. The Balaban J connectivity index is 4.50. The number of terminal acetylenes is 1. The third-order valence-electron chi connectivity index (χ3n) is 1.86. The summed E-state index contributed by atoms with van der Waals surface area (Å²) in [5, 5.41) is 2.50. The standard InChI is InChI=1S/C13H21NO3/c1-7-11(15)10(8-9(2)3)14-12(16)17-13(4,5)6/h1,9-10H,8H2,2-6H3,(H,14,16)/t10-/m0/s1. The summed E-state index contributed by atoms with van der Waals surface area (Å²) in [6.45, 7) is 9.17. The quantitative estimate of drug-likeness (QED) is 0.604. The van der Waals surface area contributed by atoms with Crippen molar-refractivity contribution in [3.8, 4) is 12.3 Å². The summed E-state index contributed by atoms with van der Waals surface area (Å²) in [5.74, 6) is 1.86. The molecule has 0 radical (unpaired) electrons. The minimum absolute atomic E-state index is 0.257. The van der Waals surface area contributed by atoms with Gasteiger partial charge in [-0.25, -0.2) is 4.79 Å². The van der Waals surface area contributed by atoms with E-state index in [1.54, 1.807) is 20.8 Å². The van der Waals surface area contributed by atoms with Gasteiger partial charge in [0.05, 0.1) is 0 Å². The van der Waals surface area contributed by atoms with Crippen molar-refractivity contribution in [2.24, 2.45) is 5.92 Å². The number of ether oxygens (including phenoxy) is 1. The molecule has 96 valence electrons. The third-order valence-corrected chi connectivity index (χ3v) is 1.86. The van der Waals surface area contributed by atoms with E-state index in [1.807, 2.05) is 19.8 Å². The van der Waals surface area contributed by atoms with Crippen LogP contribution in [-0.4, -0.2) is 23.5 Å². The van der Waals surface area contributed by atoms with E-state index in [1.165, 1.54) is 0 Å². The molecule has 0 aromatic heterocycles. The van der Waals surface area contributed by atoms with Crippen molar-refractivity contribution < 1.29 is 14.3 Å². The molecule has 0 aliphatic rings. The summed E-state index contributed by atoms with van der Waals surface area (Å²) < 4.78 is 5.07. The molecule has 0 spiro atoms. The van der Waals surface area contributed by atoms with Crippen LogP contribution in [0.3, 0.4) is 0 Å². The number of amides is 1. The predicted octanol–water partition coefficient (Wildman–Crippen LogP) is 2.13. The van der Waals surface area contributed by atoms with Gasteiger partial charge in [0.15, 0.2) is 0 Å². The van der Waals surface area contributed by atoms with E-state index in [4.69, 9.17) is 11.2 Å². The minimum Gasteiger partial charge on any atom is -0.444 e. The number of hydrogen-bond donors (Lipinski definition) is 1. The van der Waals surface area contributed by atoms with Crippen molar-refractivity contribution >= 4 is 11.9 Å². The molecule has 4 nitrogen and oxygen atoms in total. The first-order chi connectivity index (χ1) is 7.65. The van der Waals surface area contributed by atoms with E-state index in [0.29, 0.717) is 6.42 Å². The number of nitrogens with one attached hydrogen (secondary N) is 1. The summed E-state index contributed by atoms with van der Waals surface area (Å²) in [7, 11) is 0. The fourth-order valence-electron chi connectivity index (χ4n) is 1.25. The normalized spacial score (nSPS) is 12.8. The number of Topliss-reactive ketones (excluding diaryl/α,β-unsaturated/α-hetero) is 1. The summed E-state index contributed by atoms with van der Waals surface area (Å²) in [6, 6.07) is -0.671. The van der Waals surface area contributed by atoms with Crippen LogP contribution in [0.25, 0.3) is 0 Å². The lowest BCUT2D eigenvalue weighted by Crippen LogP contribution is -2.43. The van der Waals surface area contributed by atoms with E-state index >= 15 is 0 Å². The SMILES string of the molecule is C#CC(=O)[C@H](CC(C)C)NC(=O)OC(C)(C)C. The van der Waals surface area contributed by atoms with Crippen LogP contribution >= 0.6 is 0 Å². The Morgan fingerprint density at radius 1 is 1.35 bits per heavy atom. The van der Waals surface area contributed by atoms with Crippen molar-refractivity contribution in [3.05, 3.63) is 0 Å². The monoisotopic (exact) mass is 239 g/mol. The Kier molecular flexibility index (Phi) is 5.73. The molecule has 0 unspecified atom stereocenters. The van der Waals surface area contributed by atoms with Crippen molar-refractivity contribution in [2.45, 2.75) is 52.7 Å². The average Bonchev–Trinajstić information content (AvgIpc) is 2.11. The molecule has 0 aliphatic carbocycles. The fourth-order valence-corrected chi connectivity index (χ4v) is 1.25. The van der Waals surface area contributed by atoms with Crippen LogP contribution in [0.1, 0.15) is 41.0 Å². The van der Waals surface area contributed by atoms with Crippen LogP contribution in [0.2, 0.25) is 0 Å². The van der Waals surface area contributed by atoms with Gasteiger partial charge in [0, 0.05) is 0 Å². The molecular formula is C13H21NO3. The van der Waals surface area contributed by atoms with Gasteiger partial charge < -0.3 is 10.1 Å². The largest absolute Gasteiger partial charge is 0.444 e. The maximum Gasteiger partial charge on any atom is 0.408 e. The van der Waals surface area contributed by atoms with E-state index in [2.05, 4.69) is 5.32 Å². The van der Waals surface area contributed by atoms with Gasteiger partial charge in [-0.1, -0.05) is 13.8 Å². The van der Waals surface area contributed by atoms with Gasteiger partial charge >= 0.3 is 6.09 Å². The zero-order valence-electron chi connectivity index (χ0n) is 11.2. The Bertz CT molecular complexity index is 321. The van der Waals surface area contributed by atoms with Gasteiger partial charge in [-0.05, 0) is 39.0 Å². The van der Waals surface area contributed by atoms with Crippen molar-refractivity contribution in [1.82, 2.24) is 5.32 Å². The second kappa shape index (κ2) is 6.29.